The summed E-state index contributed by atoms with van der Waals surface area (Å²) in [6.45, 7) is 8.45. The number of hydrogen-bond acceptors (Lipinski definition) is 2. The van der Waals surface area contributed by atoms with Crippen molar-refractivity contribution in [3.05, 3.63) is 58.1 Å². The van der Waals surface area contributed by atoms with Crippen LogP contribution in [0.25, 0.3) is 0 Å². The molecule has 0 heterocycles. The van der Waals surface area contributed by atoms with E-state index in [2.05, 4.69) is 54.2 Å². The second-order valence-corrected chi connectivity index (χ2v) is 6.60. The summed E-state index contributed by atoms with van der Waals surface area (Å²) >= 11 is 3.43. The van der Waals surface area contributed by atoms with Crippen LogP contribution in [0.3, 0.4) is 0 Å². The Morgan fingerprint density at radius 1 is 1.10 bits per heavy atom. The van der Waals surface area contributed by atoms with Crippen molar-refractivity contribution in [3.63, 3.8) is 0 Å². The second-order valence-electron chi connectivity index (χ2n) is 5.68. The summed E-state index contributed by atoms with van der Waals surface area (Å²) in [4.78, 5) is 0. The Kier molecular flexibility index (Phi) is 5.83. The summed E-state index contributed by atoms with van der Waals surface area (Å²) in [5.74, 6) is 2.43. The second kappa shape index (κ2) is 7.62. The third-order valence-electron chi connectivity index (χ3n) is 3.16. The number of rotatable bonds is 6. The molecule has 3 heteroatoms. The average molecular weight is 348 g/mol. The van der Waals surface area contributed by atoms with E-state index in [9.17, 15) is 0 Å². The molecule has 0 aliphatic carbocycles. The minimum Gasteiger partial charge on any atom is -0.457 e. The largest absolute Gasteiger partial charge is 0.457 e. The Morgan fingerprint density at radius 3 is 2.43 bits per heavy atom. The highest BCUT2D eigenvalue weighted by Gasteiger charge is 2.03. The smallest absolute Gasteiger partial charge is 0.130 e. The molecule has 0 radical (unpaired) electrons. The predicted molar refractivity (Wildman–Crippen MR) is 91.9 cm³/mol. The lowest BCUT2D eigenvalue weighted by molar-refractivity contribution is 0.478. The molecule has 0 amide bonds. The molecule has 0 saturated carbocycles. The van der Waals surface area contributed by atoms with Crippen molar-refractivity contribution in [1.82, 2.24) is 5.32 Å². The summed E-state index contributed by atoms with van der Waals surface area (Å²) in [5.41, 5.74) is 2.44. The summed E-state index contributed by atoms with van der Waals surface area (Å²) in [6.07, 6.45) is 0. The van der Waals surface area contributed by atoms with Crippen LogP contribution in [0.4, 0.5) is 0 Å². The Labute approximate surface area is 135 Å². The van der Waals surface area contributed by atoms with E-state index in [4.69, 9.17) is 4.74 Å². The van der Waals surface area contributed by atoms with Gasteiger partial charge in [-0.15, -0.1) is 0 Å². The number of halogens is 1. The monoisotopic (exact) mass is 347 g/mol. The van der Waals surface area contributed by atoms with Crippen LogP contribution in [0.1, 0.15) is 25.0 Å². The van der Waals surface area contributed by atoms with Gasteiger partial charge >= 0.3 is 0 Å². The summed E-state index contributed by atoms with van der Waals surface area (Å²) in [7, 11) is 0. The maximum absolute atomic E-state index is 5.92. The SMILES string of the molecule is Cc1cc(CNCC(C)C)ccc1Oc1ccc(Br)cc1. The maximum atomic E-state index is 5.92. The first-order chi connectivity index (χ1) is 10.0. The molecule has 0 unspecified atom stereocenters. The van der Waals surface area contributed by atoms with E-state index >= 15 is 0 Å². The van der Waals surface area contributed by atoms with Crippen LogP contribution in [-0.4, -0.2) is 6.54 Å². The van der Waals surface area contributed by atoms with Crippen molar-refractivity contribution in [2.24, 2.45) is 5.92 Å². The van der Waals surface area contributed by atoms with Crippen LogP contribution in [0.5, 0.6) is 11.5 Å². The first kappa shape index (κ1) is 16.1. The number of hydrogen-bond donors (Lipinski definition) is 1. The normalized spacial score (nSPS) is 10.9. The molecule has 0 aliphatic rings. The minimum atomic E-state index is 0.672. The van der Waals surface area contributed by atoms with Crippen molar-refractivity contribution < 1.29 is 4.74 Å². The quantitative estimate of drug-likeness (QED) is 0.765. The zero-order valence-electron chi connectivity index (χ0n) is 12.8. The van der Waals surface area contributed by atoms with Crippen molar-refractivity contribution in [2.45, 2.75) is 27.3 Å². The molecular formula is C18H22BrNO. The Hall–Kier alpha value is -1.32. The van der Waals surface area contributed by atoms with E-state index < -0.39 is 0 Å². The molecule has 112 valence electrons. The van der Waals surface area contributed by atoms with Crippen LogP contribution >= 0.6 is 15.9 Å². The average Bonchev–Trinajstić information content (AvgIpc) is 2.44. The molecule has 21 heavy (non-hydrogen) atoms. The van der Waals surface area contributed by atoms with Crippen LogP contribution in [0, 0.1) is 12.8 Å². The van der Waals surface area contributed by atoms with Gasteiger partial charge in [0.15, 0.2) is 0 Å². The molecule has 2 aromatic carbocycles. The van der Waals surface area contributed by atoms with Gasteiger partial charge in [0.2, 0.25) is 0 Å². The van der Waals surface area contributed by atoms with Gasteiger partial charge in [0.1, 0.15) is 11.5 Å². The molecule has 2 nitrogen and oxygen atoms in total. The first-order valence-corrected chi connectivity index (χ1v) is 8.07. The maximum Gasteiger partial charge on any atom is 0.130 e. The van der Waals surface area contributed by atoms with Crippen molar-refractivity contribution in [2.75, 3.05) is 6.54 Å². The van der Waals surface area contributed by atoms with Gasteiger partial charge in [-0.2, -0.15) is 0 Å². The van der Waals surface area contributed by atoms with E-state index in [1.165, 1.54) is 5.56 Å². The molecule has 1 N–H and O–H groups in total. The zero-order chi connectivity index (χ0) is 15.2. The molecule has 0 fully saturated rings. The fraction of sp³-hybridized carbons (Fsp3) is 0.333. The fourth-order valence-corrected chi connectivity index (χ4v) is 2.34. The summed E-state index contributed by atoms with van der Waals surface area (Å²) in [6, 6.07) is 14.2. The van der Waals surface area contributed by atoms with Gasteiger partial charge in [-0.3, -0.25) is 0 Å². The van der Waals surface area contributed by atoms with Crippen LogP contribution in [0.2, 0.25) is 0 Å². The Balaban J connectivity index is 2.00. The highest BCUT2D eigenvalue weighted by atomic mass is 79.9. The number of ether oxygens (including phenoxy) is 1. The van der Waals surface area contributed by atoms with Gasteiger partial charge in [0, 0.05) is 11.0 Å². The highest BCUT2D eigenvalue weighted by Crippen LogP contribution is 2.26. The zero-order valence-corrected chi connectivity index (χ0v) is 14.4. The summed E-state index contributed by atoms with van der Waals surface area (Å²) < 4.78 is 6.97. The Bertz CT molecular complexity index is 578. The lowest BCUT2D eigenvalue weighted by atomic mass is 10.1. The number of aryl methyl sites for hydroxylation is 1. The molecule has 0 saturated heterocycles. The van der Waals surface area contributed by atoms with Gasteiger partial charge < -0.3 is 10.1 Å². The molecule has 0 spiro atoms. The highest BCUT2D eigenvalue weighted by molar-refractivity contribution is 9.10. The molecule has 0 aliphatic heterocycles. The summed E-state index contributed by atoms with van der Waals surface area (Å²) in [5, 5.41) is 3.46. The van der Waals surface area contributed by atoms with E-state index in [0.717, 1.165) is 34.6 Å². The van der Waals surface area contributed by atoms with E-state index in [1.54, 1.807) is 0 Å². The fourth-order valence-electron chi connectivity index (χ4n) is 2.07. The topological polar surface area (TPSA) is 21.3 Å². The Morgan fingerprint density at radius 2 is 1.81 bits per heavy atom. The molecule has 0 aromatic heterocycles. The van der Waals surface area contributed by atoms with Crippen LogP contribution in [-0.2, 0) is 6.54 Å². The standard InChI is InChI=1S/C18H22BrNO/c1-13(2)11-20-12-15-4-9-18(14(3)10-15)21-17-7-5-16(19)6-8-17/h4-10,13,20H,11-12H2,1-3H3. The van der Waals surface area contributed by atoms with E-state index in [1.807, 2.05) is 30.3 Å². The minimum absolute atomic E-state index is 0.672. The molecular weight excluding hydrogens is 326 g/mol. The van der Waals surface area contributed by atoms with Gasteiger partial charge in [-0.1, -0.05) is 41.9 Å². The van der Waals surface area contributed by atoms with Gasteiger partial charge in [0.05, 0.1) is 0 Å². The van der Waals surface area contributed by atoms with Crippen molar-refractivity contribution >= 4 is 15.9 Å². The number of nitrogens with one attached hydrogen (secondary N) is 1. The van der Waals surface area contributed by atoms with Gasteiger partial charge in [-0.25, -0.2) is 0 Å². The number of benzene rings is 2. The van der Waals surface area contributed by atoms with Gasteiger partial charge in [0.25, 0.3) is 0 Å². The van der Waals surface area contributed by atoms with E-state index in [-0.39, 0.29) is 0 Å². The van der Waals surface area contributed by atoms with Crippen LogP contribution < -0.4 is 10.1 Å². The lowest BCUT2D eigenvalue weighted by Gasteiger charge is -2.12. The van der Waals surface area contributed by atoms with E-state index in [0.29, 0.717) is 5.92 Å². The third-order valence-corrected chi connectivity index (χ3v) is 3.69. The first-order valence-electron chi connectivity index (χ1n) is 7.28. The molecule has 0 bridgehead atoms. The molecule has 2 aromatic rings. The molecule has 2 rings (SSSR count). The van der Waals surface area contributed by atoms with Crippen molar-refractivity contribution in [3.8, 4) is 11.5 Å². The van der Waals surface area contributed by atoms with Crippen LogP contribution in [0.15, 0.2) is 46.9 Å². The third kappa shape index (κ3) is 5.18. The predicted octanol–water partition coefficient (Wildman–Crippen LogP) is 5.30. The van der Waals surface area contributed by atoms with Crippen molar-refractivity contribution in [1.29, 1.82) is 0 Å². The van der Waals surface area contributed by atoms with Gasteiger partial charge in [-0.05, 0) is 60.8 Å². The lowest BCUT2D eigenvalue weighted by Crippen LogP contribution is -2.18. The molecule has 0 atom stereocenters.